The number of aromatic amines is 2. The van der Waals surface area contributed by atoms with Crippen LogP contribution >= 0.6 is 15.9 Å². The molecule has 0 saturated heterocycles. The average molecular weight is 501 g/mol. The Morgan fingerprint density at radius 1 is 0.781 bits per heavy atom. The van der Waals surface area contributed by atoms with Gasteiger partial charge >= 0.3 is 0 Å². The minimum Gasteiger partial charge on any atom is -0.361 e. The molecule has 2 aromatic heterocycles. The number of Topliss-reactive ketones (excluding diaryl/α,β-unsaturated/α-hetero) is 2. The molecule has 0 atom stereocenters. The van der Waals surface area contributed by atoms with Crippen molar-refractivity contribution in [2.75, 3.05) is 0 Å². The van der Waals surface area contributed by atoms with Gasteiger partial charge in [0, 0.05) is 46.5 Å². The summed E-state index contributed by atoms with van der Waals surface area (Å²) < 4.78 is 27.5. The molecule has 0 aliphatic heterocycles. The number of aryl methyl sites for hydroxylation is 2. The number of hydrogen-bond acceptors (Lipinski definition) is 2. The molecule has 0 saturated carbocycles. The van der Waals surface area contributed by atoms with Crippen molar-refractivity contribution in [1.82, 2.24) is 9.97 Å². The summed E-state index contributed by atoms with van der Waals surface area (Å²) in [5.41, 5.74) is 4.72. The summed E-state index contributed by atoms with van der Waals surface area (Å²) in [6.07, 6.45) is 6.32. The highest BCUT2D eigenvalue weighted by Crippen LogP contribution is 2.34. The van der Waals surface area contributed by atoms with Gasteiger partial charge in [-0.15, -0.1) is 0 Å². The van der Waals surface area contributed by atoms with Crippen LogP contribution in [-0.4, -0.2) is 21.5 Å². The molecule has 2 N–H and O–H groups in total. The van der Waals surface area contributed by atoms with Crippen LogP contribution in [0.15, 0.2) is 35.1 Å². The molecule has 2 aliphatic carbocycles. The van der Waals surface area contributed by atoms with Gasteiger partial charge < -0.3 is 9.97 Å². The molecule has 0 unspecified atom stereocenters. The van der Waals surface area contributed by atoms with Crippen LogP contribution in [0.4, 0.5) is 8.78 Å². The predicted octanol–water partition coefficient (Wildman–Crippen LogP) is 7.05. The van der Waals surface area contributed by atoms with Crippen LogP contribution in [0.1, 0.15) is 65.0 Å². The van der Waals surface area contributed by atoms with E-state index >= 15 is 0 Å². The predicted molar refractivity (Wildman–Crippen MR) is 125 cm³/mol. The second-order valence-electron chi connectivity index (χ2n) is 8.04. The second-order valence-corrected chi connectivity index (χ2v) is 8.83. The SMILES string of the molecule is C.O=C1CCCc2c(Br)[nH]c3cc(F)cc1c23.O=C1CCCc2c[nH]c3cc(F)cc1c23. The molecule has 0 amide bonds. The zero-order chi connectivity index (χ0) is 21.7. The topological polar surface area (TPSA) is 65.7 Å². The molecule has 2 aliphatic rings. The van der Waals surface area contributed by atoms with Gasteiger partial charge in [0.05, 0.1) is 10.1 Å². The number of benzene rings is 2. The molecule has 7 heteroatoms. The summed E-state index contributed by atoms with van der Waals surface area (Å²) in [6, 6.07) is 5.58. The van der Waals surface area contributed by atoms with Crippen molar-refractivity contribution in [2.24, 2.45) is 0 Å². The molecule has 2 aromatic carbocycles. The normalized spacial score (nSPS) is 15.1. The molecule has 2 heterocycles. The van der Waals surface area contributed by atoms with E-state index in [4.69, 9.17) is 0 Å². The lowest BCUT2D eigenvalue weighted by Gasteiger charge is -2.00. The Morgan fingerprint density at radius 2 is 1.38 bits per heavy atom. The molecular formula is C25H23BrF2N2O2. The smallest absolute Gasteiger partial charge is 0.163 e. The van der Waals surface area contributed by atoms with Gasteiger partial charge in [0.25, 0.3) is 0 Å². The fourth-order valence-electron chi connectivity index (χ4n) is 4.64. The maximum Gasteiger partial charge on any atom is 0.163 e. The van der Waals surface area contributed by atoms with Crippen LogP contribution in [-0.2, 0) is 12.8 Å². The molecular weight excluding hydrogens is 478 g/mol. The first-order valence-corrected chi connectivity index (χ1v) is 11.1. The monoisotopic (exact) mass is 500 g/mol. The van der Waals surface area contributed by atoms with Crippen LogP contribution in [0.5, 0.6) is 0 Å². The first-order valence-electron chi connectivity index (χ1n) is 10.3. The zero-order valence-electron chi connectivity index (χ0n) is 16.6. The minimum absolute atomic E-state index is 0. The summed E-state index contributed by atoms with van der Waals surface area (Å²) >= 11 is 3.43. The number of hydrogen-bond donors (Lipinski definition) is 2. The van der Waals surface area contributed by atoms with E-state index in [0.717, 1.165) is 57.7 Å². The van der Waals surface area contributed by atoms with Crippen LogP contribution in [0.3, 0.4) is 0 Å². The van der Waals surface area contributed by atoms with Gasteiger partial charge in [0.2, 0.25) is 0 Å². The Bertz CT molecular complexity index is 1370. The highest BCUT2D eigenvalue weighted by atomic mass is 79.9. The highest BCUT2D eigenvalue weighted by Gasteiger charge is 2.22. The summed E-state index contributed by atoms with van der Waals surface area (Å²) in [7, 11) is 0. The van der Waals surface area contributed by atoms with Gasteiger partial charge in [-0.3, -0.25) is 9.59 Å². The Kier molecular flexibility index (Phi) is 6.03. The number of halogens is 3. The fraction of sp³-hybridized carbons (Fsp3) is 0.280. The van der Waals surface area contributed by atoms with E-state index in [-0.39, 0.29) is 30.6 Å². The summed E-state index contributed by atoms with van der Waals surface area (Å²) in [5.74, 6) is -0.619. The fourth-order valence-corrected chi connectivity index (χ4v) is 5.25. The van der Waals surface area contributed by atoms with E-state index in [1.165, 1.54) is 24.3 Å². The van der Waals surface area contributed by atoms with Gasteiger partial charge in [-0.2, -0.15) is 0 Å². The van der Waals surface area contributed by atoms with Crippen LogP contribution in [0.25, 0.3) is 21.8 Å². The van der Waals surface area contributed by atoms with Gasteiger partial charge in [0.15, 0.2) is 11.6 Å². The second kappa shape index (κ2) is 8.62. The Hall–Kier alpha value is -2.80. The van der Waals surface area contributed by atoms with Crippen molar-refractivity contribution in [2.45, 2.75) is 46.0 Å². The van der Waals surface area contributed by atoms with E-state index in [1.54, 1.807) is 0 Å². The molecule has 166 valence electrons. The van der Waals surface area contributed by atoms with E-state index < -0.39 is 0 Å². The molecule has 4 nitrogen and oxygen atoms in total. The number of nitrogens with one attached hydrogen (secondary N) is 2. The van der Waals surface area contributed by atoms with Crippen molar-refractivity contribution < 1.29 is 18.4 Å². The maximum atomic E-state index is 13.4. The first kappa shape index (κ1) is 22.4. The summed E-state index contributed by atoms with van der Waals surface area (Å²) in [4.78, 5) is 29.7. The lowest BCUT2D eigenvalue weighted by atomic mass is 10.0. The van der Waals surface area contributed by atoms with Crippen LogP contribution < -0.4 is 0 Å². The largest absolute Gasteiger partial charge is 0.361 e. The third-order valence-corrected chi connectivity index (χ3v) is 6.70. The Morgan fingerprint density at radius 3 is 2.06 bits per heavy atom. The minimum atomic E-state index is -0.363. The lowest BCUT2D eigenvalue weighted by Crippen LogP contribution is -1.98. The number of aromatic nitrogens is 2. The molecule has 32 heavy (non-hydrogen) atoms. The van der Waals surface area contributed by atoms with Gasteiger partial charge in [-0.1, -0.05) is 7.43 Å². The molecule has 4 aromatic rings. The summed E-state index contributed by atoms with van der Waals surface area (Å²) in [6.45, 7) is 0. The first-order chi connectivity index (χ1) is 14.9. The van der Waals surface area contributed by atoms with Crippen LogP contribution in [0, 0.1) is 11.6 Å². The third-order valence-electron chi connectivity index (χ3n) is 6.02. The van der Waals surface area contributed by atoms with E-state index in [9.17, 15) is 18.4 Å². The maximum absolute atomic E-state index is 13.4. The highest BCUT2D eigenvalue weighted by molar-refractivity contribution is 9.10. The van der Waals surface area contributed by atoms with E-state index in [1.807, 2.05) is 6.20 Å². The number of H-pyrrole nitrogens is 2. The van der Waals surface area contributed by atoms with Crippen molar-refractivity contribution in [3.05, 3.63) is 69.0 Å². The molecule has 0 fully saturated rings. The van der Waals surface area contributed by atoms with Crippen molar-refractivity contribution in [3.8, 4) is 0 Å². The number of carbonyl (C=O) groups excluding carboxylic acids is 2. The van der Waals surface area contributed by atoms with Crippen LogP contribution in [0.2, 0.25) is 0 Å². The van der Waals surface area contributed by atoms with Gasteiger partial charge in [-0.25, -0.2) is 8.78 Å². The number of rotatable bonds is 0. The molecule has 0 radical (unpaired) electrons. The van der Waals surface area contributed by atoms with Crippen molar-refractivity contribution in [3.63, 3.8) is 0 Å². The lowest BCUT2D eigenvalue weighted by molar-refractivity contribution is 0.0974. The quantitative estimate of drug-likeness (QED) is 0.271. The standard InChI is InChI=1S/C12H9BrFNO.C12H10FNO.CH4/c13-12-7-2-1-3-10(16)8-4-6(14)5-9(15-12)11(7)8;13-8-4-9-11(15)3-1-2-7-6-14-10(5-8)12(7)9;/h4-5,15H,1-3H2;4-6,14H,1-3H2;1H4. The number of ketones is 2. The average Bonchev–Trinajstić information content (AvgIpc) is 3.15. The zero-order valence-corrected chi connectivity index (χ0v) is 18.2. The Labute approximate surface area is 192 Å². The van der Waals surface area contributed by atoms with Gasteiger partial charge in [-0.05, 0) is 77.0 Å². The summed E-state index contributed by atoms with van der Waals surface area (Å²) in [5, 5.41) is 1.80. The van der Waals surface area contributed by atoms with E-state index in [0.29, 0.717) is 29.5 Å². The Balaban J connectivity index is 0.000000149. The molecule has 0 spiro atoms. The van der Waals surface area contributed by atoms with Crippen molar-refractivity contribution >= 4 is 49.3 Å². The van der Waals surface area contributed by atoms with Crippen molar-refractivity contribution in [1.29, 1.82) is 0 Å². The van der Waals surface area contributed by atoms with Gasteiger partial charge in [0.1, 0.15) is 11.6 Å². The molecule has 6 rings (SSSR count). The van der Waals surface area contributed by atoms with E-state index in [2.05, 4.69) is 25.9 Å². The molecule has 0 bridgehead atoms. The third kappa shape index (κ3) is 3.79. The number of carbonyl (C=O) groups is 2.